The van der Waals surface area contributed by atoms with E-state index >= 15 is 0 Å². The third-order valence-corrected chi connectivity index (χ3v) is 5.99. The predicted octanol–water partition coefficient (Wildman–Crippen LogP) is 0.472. The molecule has 0 spiro atoms. The number of nitrogens with zero attached hydrogens (tertiary/aromatic N) is 7. The lowest BCUT2D eigenvalue weighted by molar-refractivity contribution is 0.189. The molecule has 1 aromatic carbocycles. The lowest BCUT2D eigenvalue weighted by Gasteiger charge is -2.37. The summed E-state index contributed by atoms with van der Waals surface area (Å²) in [6.07, 6.45) is 5.01. The molecule has 0 amide bonds. The van der Waals surface area contributed by atoms with Gasteiger partial charge in [0.1, 0.15) is 12.2 Å². The molecule has 10 heteroatoms. The van der Waals surface area contributed by atoms with Gasteiger partial charge in [-0.3, -0.25) is 0 Å². The molecule has 0 bridgehead atoms. The zero-order valence-electron chi connectivity index (χ0n) is 13.6. The summed E-state index contributed by atoms with van der Waals surface area (Å²) < 4.78 is 28.4. The molecule has 0 N–H and O–H groups in total. The average molecular weight is 359 g/mol. The molecule has 3 aromatic rings. The summed E-state index contributed by atoms with van der Waals surface area (Å²) >= 11 is 0. The molecule has 0 unspecified atom stereocenters. The van der Waals surface area contributed by atoms with E-state index in [0.717, 1.165) is 11.3 Å². The molecule has 0 radical (unpaired) electrons. The Kier molecular flexibility index (Phi) is 3.85. The van der Waals surface area contributed by atoms with E-state index < -0.39 is 10.0 Å². The van der Waals surface area contributed by atoms with Crippen LogP contribution in [0.25, 0.3) is 0 Å². The highest BCUT2D eigenvalue weighted by molar-refractivity contribution is 7.89. The van der Waals surface area contributed by atoms with Gasteiger partial charge in [-0.1, -0.05) is 17.3 Å². The van der Waals surface area contributed by atoms with Crippen molar-refractivity contribution in [2.75, 3.05) is 13.1 Å². The number of aryl methyl sites for hydroxylation is 1. The van der Waals surface area contributed by atoms with Crippen molar-refractivity contribution in [3.63, 3.8) is 0 Å². The maximum Gasteiger partial charge on any atom is 0.243 e. The number of hydrogen-bond donors (Lipinski definition) is 0. The Morgan fingerprint density at radius 1 is 1.20 bits per heavy atom. The second kappa shape index (κ2) is 6.05. The summed E-state index contributed by atoms with van der Waals surface area (Å²) in [6.45, 7) is 3.09. The maximum absolute atomic E-state index is 12.6. The zero-order valence-corrected chi connectivity index (χ0v) is 14.4. The van der Waals surface area contributed by atoms with Crippen molar-refractivity contribution in [1.29, 1.82) is 0 Å². The molecule has 130 valence electrons. The Balaban J connectivity index is 1.43. The van der Waals surface area contributed by atoms with Crippen LogP contribution in [-0.2, 0) is 16.6 Å². The monoisotopic (exact) mass is 359 g/mol. The van der Waals surface area contributed by atoms with Crippen LogP contribution in [0.4, 0.5) is 0 Å². The quantitative estimate of drug-likeness (QED) is 0.657. The van der Waals surface area contributed by atoms with Gasteiger partial charge in [-0.25, -0.2) is 13.1 Å². The van der Waals surface area contributed by atoms with Crippen LogP contribution in [0.5, 0.6) is 0 Å². The molecule has 1 fully saturated rings. The minimum Gasteiger partial charge on any atom is -0.246 e. The van der Waals surface area contributed by atoms with Gasteiger partial charge in [0.05, 0.1) is 29.5 Å². The number of rotatable bonds is 5. The van der Waals surface area contributed by atoms with Crippen molar-refractivity contribution in [2.24, 2.45) is 0 Å². The normalized spacial score (nSPS) is 16.0. The highest BCUT2D eigenvalue weighted by atomic mass is 32.2. The number of hydrogen-bond acceptors (Lipinski definition) is 6. The van der Waals surface area contributed by atoms with Crippen LogP contribution >= 0.6 is 0 Å². The molecule has 1 aliphatic rings. The highest BCUT2D eigenvalue weighted by Gasteiger charge is 2.38. The average Bonchev–Trinajstić information content (AvgIpc) is 3.18. The summed E-state index contributed by atoms with van der Waals surface area (Å²) in [4.78, 5) is 1.85. The van der Waals surface area contributed by atoms with E-state index in [2.05, 4.69) is 20.5 Å². The summed E-state index contributed by atoms with van der Waals surface area (Å²) in [7, 11) is -3.45. The van der Waals surface area contributed by atoms with Gasteiger partial charge in [0.2, 0.25) is 10.0 Å². The Hall–Kier alpha value is -2.59. The van der Waals surface area contributed by atoms with Crippen LogP contribution in [0.3, 0.4) is 0 Å². The van der Waals surface area contributed by atoms with E-state index in [9.17, 15) is 8.42 Å². The first-order valence-electron chi connectivity index (χ1n) is 7.84. The van der Waals surface area contributed by atoms with Gasteiger partial charge in [0.25, 0.3) is 0 Å². The minimum atomic E-state index is -3.45. The molecule has 1 saturated heterocycles. The lowest BCUT2D eigenvalue weighted by atomic mass is 10.2. The van der Waals surface area contributed by atoms with Gasteiger partial charge in [-0.2, -0.15) is 19.3 Å². The maximum atomic E-state index is 12.6. The third-order valence-electron chi connectivity index (χ3n) is 4.16. The first-order valence-corrected chi connectivity index (χ1v) is 9.28. The van der Waals surface area contributed by atoms with E-state index in [1.807, 2.05) is 19.2 Å². The van der Waals surface area contributed by atoms with Crippen LogP contribution in [0.1, 0.15) is 17.3 Å². The SMILES string of the molecule is Cc1cccc(S(=O)(=O)N2CC(n3cc(Cn4nccn4)nn3)C2)c1. The van der Waals surface area contributed by atoms with Crippen LogP contribution in [-0.4, -0.2) is 55.8 Å². The number of benzene rings is 1. The molecule has 1 aliphatic heterocycles. The Labute approximate surface area is 144 Å². The van der Waals surface area contributed by atoms with Crippen LogP contribution < -0.4 is 0 Å². The lowest BCUT2D eigenvalue weighted by Crippen LogP contribution is -2.50. The first-order chi connectivity index (χ1) is 12.0. The highest BCUT2D eigenvalue weighted by Crippen LogP contribution is 2.28. The third kappa shape index (κ3) is 3.05. The standard InChI is InChI=1S/C15H17N7O2S/c1-12-3-2-4-15(7-12)25(23,24)20-10-14(11-20)21-8-13(18-19-21)9-22-16-5-6-17-22/h2-8,14H,9-11H2,1H3. The van der Waals surface area contributed by atoms with Crippen LogP contribution in [0, 0.1) is 6.92 Å². The molecule has 25 heavy (non-hydrogen) atoms. The van der Waals surface area contributed by atoms with E-state index in [4.69, 9.17) is 0 Å². The van der Waals surface area contributed by atoms with Crippen molar-refractivity contribution in [3.05, 3.63) is 54.1 Å². The summed E-state index contributed by atoms with van der Waals surface area (Å²) in [5.41, 5.74) is 1.66. The van der Waals surface area contributed by atoms with Crippen molar-refractivity contribution in [2.45, 2.75) is 24.4 Å². The van der Waals surface area contributed by atoms with Gasteiger partial charge >= 0.3 is 0 Å². The summed E-state index contributed by atoms with van der Waals surface area (Å²) in [6, 6.07) is 6.94. The Bertz CT molecular complexity index is 975. The fourth-order valence-electron chi connectivity index (χ4n) is 2.74. The van der Waals surface area contributed by atoms with Crippen molar-refractivity contribution in [3.8, 4) is 0 Å². The topological polar surface area (TPSA) is 98.8 Å². The van der Waals surface area contributed by atoms with Gasteiger partial charge in [-0.15, -0.1) is 5.10 Å². The molecule has 4 rings (SSSR count). The van der Waals surface area contributed by atoms with Gasteiger partial charge in [0.15, 0.2) is 0 Å². The molecule has 0 aliphatic carbocycles. The summed E-state index contributed by atoms with van der Waals surface area (Å²) in [5.74, 6) is 0. The first kappa shape index (κ1) is 15.9. The van der Waals surface area contributed by atoms with Gasteiger partial charge < -0.3 is 0 Å². The minimum absolute atomic E-state index is 0.00795. The Morgan fingerprint density at radius 2 is 1.96 bits per heavy atom. The smallest absolute Gasteiger partial charge is 0.243 e. The largest absolute Gasteiger partial charge is 0.246 e. The van der Waals surface area contributed by atoms with E-state index in [-0.39, 0.29) is 6.04 Å². The fraction of sp³-hybridized carbons (Fsp3) is 0.333. The molecule has 2 aromatic heterocycles. The van der Waals surface area contributed by atoms with Crippen molar-refractivity contribution in [1.82, 2.24) is 34.3 Å². The molecular weight excluding hydrogens is 342 g/mol. The molecular formula is C15H17N7O2S. The van der Waals surface area contributed by atoms with Crippen LogP contribution in [0.2, 0.25) is 0 Å². The van der Waals surface area contributed by atoms with Crippen LogP contribution in [0.15, 0.2) is 47.8 Å². The molecule has 3 heterocycles. The molecule has 0 saturated carbocycles. The van der Waals surface area contributed by atoms with E-state index in [0.29, 0.717) is 24.5 Å². The second-order valence-corrected chi connectivity index (χ2v) is 7.98. The predicted molar refractivity (Wildman–Crippen MR) is 88.1 cm³/mol. The van der Waals surface area contributed by atoms with E-state index in [1.165, 1.54) is 9.10 Å². The van der Waals surface area contributed by atoms with Crippen molar-refractivity contribution >= 4 is 10.0 Å². The molecule has 0 atom stereocenters. The number of aromatic nitrogens is 6. The summed E-state index contributed by atoms with van der Waals surface area (Å²) in [5, 5.41) is 16.2. The fourth-order valence-corrected chi connectivity index (χ4v) is 4.36. The zero-order chi connectivity index (χ0) is 17.4. The number of sulfonamides is 1. The van der Waals surface area contributed by atoms with Gasteiger partial charge in [-0.05, 0) is 24.6 Å². The Morgan fingerprint density at radius 3 is 2.68 bits per heavy atom. The van der Waals surface area contributed by atoms with Gasteiger partial charge in [0, 0.05) is 13.1 Å². The molecule has 9 nitrogen and oxygen atoms in total. The van der Waals surface area contributed by atoms with Crippen molar-refractivity contribution < 1.29 is 8.42 Å². The second-order valence-electron chi connectivity index (χ2n) is 6.04. The van der Waals surface area contributed by atoms with E-state index in [1.54, 1.807) is 35.3 Å².